The minimum absolute atomic E-state index is 0.0238. The molecule has 0 aromatic heterocycles. The summed E-state index contributed by atoms with van der Waals surface area (Å²) < 4.78 is 13.5. The zero-order chi connectivity index (χ0) is 13.0. The molecule has 18 heavy (non-hydrogen) atoms. The van der Waals surface area contributed by atoms with Gasteiger partial charge in [0.1, 0.15) is 5.82 Å². The maximum Gasteiger partial charge on any atom is 0.126 e. The summed E-state index contributed by atoms with van der Waals surface area (Å²) in [6, 6.07) is 16.2. The van der Waals surface area contributed by atoms with Crippen LogP contribution in [0.2, 0.25) is 0 Å². The minimum atomic E-state index is -0.564. The quantitative estimate of drug-likeness (QED) is 0.868. The Hall–Kier alpha value is -1.67. The van der Waals surface area contributed by atoms with E-state index in [1.165, 1.54) is 6.07 Å². The lowest BCUT2D eigenvalue weighted by Crippen LogP contribution is -2.12. The molecule has 2 aromatic carbocycles. The van der Waals surface area contributed by atoms with Crippen LogP contribution in [0.25, 0.3) is 0 Å². The van der Waals surface area contributed by atoms with Crippen molar-refractivity contribution in [3.8, 4) is 0 Å². The fourth-order valence-corrected chi connectivity index (χ4v) is 2.10. The Morgan fingerprint density at radius 2 is 1.61 bits per heavy atom. The standard InChI is InChI=1S/C16H17FO/c1-12(11-14-9-5-6-10-15(14)17)16(18)13-7-3-2-4-8-13/h2-10,12,16,18H,11H2,1H3. The third-order valence-corrected chi connectivity index (χ3v) is 3.18. The molecule has 0 aliphatic carbocycles. The molecule has 0 amide bonds. The second kappa shape index (κ2) is 5.78. The van der Waals surface area contributed by atoms with Crippen LogP contribution >= 0.6 is 0 Å². The van der Waals surface area contributed by atoms with Gasteiger partial charge in [-0.3, -0.25) is 0 Å². The second-order valence-electron chi connectivity index (χ2n) is 4.63. The van der Waals surface area contributed by atoms with Crippen molar-refractivity contribution in [2.45, 2.75) is 19.4 Å². The summed E-state index contributed by atoms with van der Waals surface area (Å²) in [5.74, 6) is -0.228. The Kier molecular flexibility index (Phi) is 4.11. The van der Waals surface area contributed by atoms with Gasteiger partial charge in [-0.15, -0.1) is 0 Å². The van der Waals surface area contributed by atoms with Crippen molar-refractivity contribution in [2.75, 3.05) is 0 Å². The normalized spacial score (nSPS) is 14.2. The summed E-state index contributed by atoms with van der Waals surface area (Å²) in [6.45, 7) is 1.93. The third-order valence-electron chi connectivity index (χ3n) is 3.18. The fraction of sp³-hybridized carbons (Fsp3) is 0.250. The van der Waals surface area contributed by atoms with Crippen LogP contribution in [0, 0.1) is 11.7 Å². The molecule has 94 valence electrons. The molecular formula is C16H17FO. The number of benzene rings is 2. The van der Waals surface area contributed by atoms with E-state index in [1.807, 2.05) is 43.3 Å². The number of aliphatic hydroxyl groups excluding tert-OH is 1. The van der Waals surface area contributed by atoms with Crippen LogP contribution in [0.3, 0.4) is 0 Å². The minimum Gasteiger partial charge on any atom is -0.388 e. The smallest absolute Gasteiger partial charge is 0.126 e. The highest BCUT2D eigenvalue weighted by Gasteiger charge is 2.17. The van der Waals surface area contributed by atoms with Gasteiger partial charge in [0.05, 0.1) is 6.10 Å². The van der Waals surface area contributed by atoms with Crippen LogP contribution in [-0.2, 0) is 6.42 Å². The topological polar surface area (TPSA) is 20.2 Å². The van der Waals surface area contributed by atoms with Gasteiger partial charge in [-0.2, -0.15) is 0 Å². The van der Waals surface area contributed by atoms with Crippen LogP contribution in [-0.4, -0.2) is 5.11 Å². The lowest BCUT2D eigenvalue weighted by atomic mass is 9.91. The van der Waals surface area contributed by atoms with Crippen molar-refractivity contribution < 1.29 is 9.50 Å². The average Bonchev–Trinajstić information content (AvgIpc) is 2.41. The maximum atomic E-state index is 13.5. The molecule has 0 bridgehead atoms. The van der Waals surface area contributed by atoms with E-state index in [9.17, 15) is 9.50 Å². The van der Waals surface area contributed by atoms with Crippen molar-refractivity contribution in [3.63, 3.8) is 0 Å². The van der Waals surface area contributed by atoms with Crippen LogP contribution in [0.5, 0.6) is 0 Å². The van der Waals surface area contributed by atoms with E-state index in [4.69, 9.17) is 0 Å². The second-order valence-corrected chi connectivity index (χ2v) is 4.63. The highest BCUT2D eigenvalue weighted by molar-refractivity contribution is 5.21. The zero-order valence-electron chi connectivity index (χ0n) is 10.4. The van der Waals surface area contributed by atoms with Crippen molar-refractivity contribution >= 4 is 0 Å². The molecule has 0 aliphatic heterocycles. The molecule has 0 saturated carbocycles. The molecule has 0 fully saturated rings. The Bertz CT molecular complexity index is 495. The van der Waals surface area contributed by atoms with Crippen molar-refractivity contribution in [2.24, 2.45) is 5.92 Å². The predicted octanol–water partition coefficient (Wildman–Crippen LogP) is 3.74. The van der Waals surface area contributed by atoms with Gasteiger partial charge in [-0.05, 0) is 29.5 Å². The van der Waals surface area contributed by atoms with Gasteiger partial charge in [0, 0.05) is 0 Å². The van der Waals surface area contributed by atoms with E-state index < -0.39 is 6.10 Å². The molecule has 0 saturated heterocycles. The van der Waals surface area contributed by atoms with Crippen LogP contribution in [0.15, 0.2) is 54.6 Å². The van der Waals surface area contributed by atoms with Crippen molar-refractivity contribution in [1.82, 2.24) is 0 Å². The molecule has 0 radical (unpaired) electrons. The lowest BCUT2D eigenvalue weighted by molar-refractivity contribution is 0.117. The Morgan fingerprint density at radius 3 is 2.28 bits per heavy atom. The summed E-state index contributed by atoms with van der Waals surface area (Å²) in [4.78, 5) is 0. The molecule has 2 aromatic rings. The van der Waals surface area contributed by atoms with E-state index in [2.05, 4.69) is 0 Å². The average molecular weight is 244 g/mol. The highest BCUT2D eigenvalue weighted by Crippen LogP contribution is 2.25. The molecule has 2 rings (SSSR count). The molecule has 2 unspecified atom stereocenters. The van der Waals surface area contributed by atoms with E-state index in [0.29, 0.717) is 12.0 Å². The molecule has 0 aliphatic rings. The number of halogens is 1. The van der Waals surface area contributed by atoms with Gasteiger partial charge in [-0.1, -0.05) is 55.5 Å². The van der Waals surface area contributed by atoms with Crippen molar-refractivity contribution in [1.29, 1.82) is 0 Å². The Labute approximate surface area is 107 Å². The van der Waals surface area contributed by atoms with Gasteiger partial charge in [-0.25, -0.2) is 4.39 Å². The number of hydrogen-bond donors (Lipinski definition) is 1. The molecular weight excluding hydrogens is 227 g/mol. The molecule has 0 spiro atoms. The zero-order valence-corrected chi connectivity index (χ0v) is 10.4. The van der Waals surface area contributed by atoms with Crippen LogP contribution < -0.4 is 0 Å². The van der Waals surface area contributed by atoms with Crippen LogP contribution in [0.4, 0.5) is 4.39 Å². The number of hydrogen-bond acceptors (Lipinski definition) is 1. The molecule has 1 N–H and O–H groups in total. The number of rotatable bonds is 4. The van der Waals surface area contributed by atoms with Gasteiger partial charge >= 0.3 is 0 Å². The molecule has 2 atom stereocenters. The molecule has 2 heteroatoms. The third kappa shape index (κ3) is 2.96. The summed E-state index contributed by atoms with van der Waals surface area (Å²) in [6.07, 6.45) is -0.0336. The fourth-order valence-electron chi connectivity index (χ4n) is 2.10. The summed E-state index contributed by atoms with van der Waals surface area (Å²) in [5.41, 5.74) is 1.53. The predicted molar refractivity (Wildman–Crippen MR) is 70.7 cm³/mol. The van der Waals surface area contributed by atoms with Crippen LogP contribution in [0.1, 0.15) is 24.2 Å². The maximum absolute atomic E-state index is 13.5. The van der Waals surface area contributed by atoms with Gasteiger partial charge in [0.2, 0.25) is 0 Å². The first-order valence-corrected chi connectivity index (χ1v) is 6.15. The van der Waals surface area contributed by atoms with E-state index >= 15 is 0 Å². The molecule has 1 nitrogen and oxygen atoms in total. The van der Waals surface area contributed by atoms with E-state index in [1.54, 1.807) is 12.1 Å². The summed E-state index contributed by atoms with van der Waals surface area (Å²) in [5, 5.41) is 10.2. The first-order valence-electron chi connectivity index (χ1n) is 6.15. The Morgan fingerprint density at radius 1 is 1.00 bits per heavy atom. The first-order chi connectivity index (χ1) is 8.68. The van der Waals surface area contributed by atoms with E-state index in [0.717, 1.165) is 5.56 Å². The summed E-state index contributed by atoms with van der Waals surface area (Å²) >= 11 is 0. The lowest BCUT2D eigenvalue weighted by Gasteiger charge is -2.19. The SMILES string of the molecule is CC(Cc1ccccc1F)C(O)c1ccccc1. The largest absolute Gasteiger partial charge is 0.388 e. The van der Waals surface area contributed by atoms with Gasteiger partial charge in [0.15, 0.2) is 0 Å². The molecule has 0 heterocycles. The highest BCUT2D eigenvalue weighted by atomic mass is 19.1. The van der Waals surface area contributed by atoms with Gasteiger partial charge in [0.25, 0.3) is 0 Å². The Balaban J connectivity index is 2.09. The van der Waals surface area contributed by atoms with Gasteiger partial charge < -0.3 is 5.11 Å². The number of aliphatic hydroxyl groups is 1. The monoisotopic (exact) mass is 244 g/mol. The summed E-state index contributed by atoms with van der Waals surface area (Å²) in [7, 11) is 0. The van der Waals surface area contributed by atoms with E-state index in [-0.39, 0.29) is 11.7 Å². The first kappa shape index (κ1) is 12.8. The van der Waals surface area contributed by atoms with Crippen molar-refractivity contribution in [3.05, 3.63) is 71.5 Å².